The van der Waals surface area contributed by atoms with Gasteiger partial charge in [0.1, 0.15) is 0 Å². The molecule has 0 radical (unpaired) electrons. The smallest absolute Gasteiger partial charge is 0.0865 e. The van der Waals surface area contributed by atoms with Crippen LogP contribution in [0.4, 0.5) is 0 Å². The molecule has 6 heteroatoms. The molecule has 4 nitrogen and oxygen atoms in total. The second kappa shape index (κ2) is 13.4. The molecule has 3 unspecified atom stereocenters. The van der Waals surface area contributed by atoms with E-state index in [0.29, 0.717) is 0 Å². The maximum Gasteiger partial charge on any atom is 0.0865 e. The van der Waals surface area contributed by atoms with Crippen LogP contribution >= 0.6 is 22.7 Å². The number of nitrogens with zero attached hydrogens (tertiary/aromatic N) is 1. The van der Waals surface area contributed by atoms with Crippen LogP contribution in [0, 0.1) is 0 Å². The molecule has 3 aromatic heterocycles. The largest absolute Gasteiger partial charge is 0.308 e. The Bertz CT molecular complexity index is 3200. The van der Waals surface area contributed by atoms with Gasteiger partial charge < -0.3 is 4.57 Å². The Kier molecular flexibility index (Phi) is 7.81. The Morgan fingerprint density at radius 2 is 1.12 bits per heavy atom. The number of benzene rings is 7. The Labute approximate surface area is 338 Å². The zero-order valence-corrected chi connectivity index (χ0v) is 32.7. The van der Waals surface area contributed by atoms with Gasteiger partial charge in [-0.1, -0.05) is 127 Å². The summed E-state index contributed by atoms with van der Waals surface area (Å²) in [6.07, 6.45) is 9.18. The van der Waals surface area contributed by atoms with Gasteiger partial charge in [-0.2, -0.15) is 0 Å². The van der Waals surface area contributed by atoms with Crippen LogP contribution in [-0.4, -0.2) is 10.7 Å². The second-order valence-corrected chi connectivity index (χ2v) is 17.4. The highest BCUT2D eigenvalue weighted by molar-refractivity contribution is 7.26. The van der Waals surface area contributed by atoms with Crippen LogP contribution < -0.4 is 16.0 Å². The molecule has 4 heterocycles. The minimum Gasteiger partial charge on any atom is -0.308 e. The maximum absolute atomic E-state index is 3.88. The fourth-order valence-electron chi connectivity index (χ4n) is 9.19. The van der Waals surface area contributed by atoms with Crippen LogP contribution in [0.15, 0.2) is 175 Å². The summed E-state index contributed by atoms with van der Waals surface area (Å²) in [6, 6.07) is 56.1. The third kappa shape index (κ3) is 5.52. The molecular formula is C51H38N4S2. The summed E-state index contributed by atoms with van der Waals surface area (Å²) in [5.41, 5.74) is 10.0. The second-order valence-electron chi connectivity index (χ2n) is 15.3. The fraction of sp³-hybridized carbons (Fsp3) is 0.0980. The van der Waals surface area contributed by atoms with E-state index in [1.807, 2.05) is 22.7 Å². The van der Waals surface area contributed by atoms with Gasteiger partial charge in [0.2, 0.25) is 0 Å². The molecule has 3 N–H and O–H groups in total. The zero-order chi connectivity index (χ0) is 37.5. The number of para-hydroxylation sites is 2. The predicted molar refractivity (Wildman–Crippen MR) is 244 cm³/mol. The summed E-state index contributed by atoms with van der Waals surface area (Å²) in [4.78, 5) is 0. The van der Waals surface area contributed by atoms with E-state index in [4.69, 9.17) is 0 Å². The standard InChI is InChI=1S/C51H38N4S2/c1-3-12-31(13-4-1)49-52-50(32-14-5-2-6-15-32)54-51(53-49)35-23-26-39-41-28-33(24-27-45(41)56-46(39)30-35)34-22-25-38-40-18-11-21-44(48(40)57-47(38)29-34)55-42-19-9-7-16-36(42)37-17-8-10-20-43(37)55/h1,3-5,7-30,49-54H,2,6H2. The molecular weight excluding hydrogens is 733 g/mol. The molecule has 0 bridgehead atoms. The highest BCUT2D eigenvalue weighted by atomic mass is 32.1. The van der Waals surface area contributed by atoms with Crippen LogP contribution in [-0.2, 0) is 0 Å². The van der Waals surface area contributed by atoms with E-state index in [1.54, 1.807) is 0 Å². The van der Waals surface area contributed by atoms with Gasteiger partial charge in [0.05, 0.1) is 39.9 Å². The summed E-state index contributed by atoms with van der Waals surface area (Å²) in [7, 11) is 0. The van der Waals surface area contributed by atoms with Crippen LogP contribution in [0.3, 0.4) is 0 Å². The average molecular weight is 771 g/mol. The van der Waals surface area contributed by atoms with Gasteiger partial charge in [-0.3, -0.25) is 16.0 Å². The van der Waals surface area contributed by atoms with Gasteiger partial charge >= 0.3 is 0 Å². The fourth-order valence-corrected chi connectivity index (χ4v) is 11.6. The molecule has 1 aliphatic heterocycles. The van der Waals surface area contributed by atoms with Crippen molar-refractivity contribution in [2.75, 3.05) is 0 Å². The van der Waals surface area contributed by atoms with E-state index < -0.39 is 0 Å². The van der Waals surface area contributed by atoms with E-state index in [0.717, 1.165) is 12.8 Å². The Balaban J connectivity index is 0.907. The topological polar surface area (TPSA) is 41.0 Å². The van der Waals surface area contributed by atoms with Gasteiger partial charge in [0.25, 0.3) is 0 Å². The van der Waals surface area contributed by atoms with Crippen LogP contribution in [0.1, 0.15) is 36.3 Å². The van der Waals surface area contributed by atoms with Gasteiger partial charge in [0, 0.05) is 46.4 Å². The Morgan fingerprint density at radius 3 is 1.93 bits per heavy atom. The Hall–Kier alpha value is -5.86. The summed E-state index contributed by atoms with van der Waals surface area (Å²) < 4.78 is 7.70. The zero-order valence-electron chi connectivity index (χ0n) is 31.1. The summed E-state index contributed by atoms with van der Waals surface area (Å²) >= 11 is 3.78. The molecule has 12 rings (SSSR count). The SMILES string of the molecule is C1=CC(C2NC(c3ccccc3)NC(c3ccc4c(c3)sc3ccc(-c5ccc6c(c5)sc5c(-n7c8ccccc8c8ccccc87)cccc56)cc34)N2)=CCC1. The highest BCUT2D eigenvalue weighted by Gasteiger charge is 2.30. The molecule has 274 valence electrons. The molecule has 1 saturated heterocycles. The number of allylic oxidation sites excluding steroid dienone is 2. The third-order valence-corrected chi connectivity index (χ3v) is 14.3. The van der Waals surface area contributed by atoms with E-state index in [2.05, 4.69) is 190 Å². The number of rotatable bonds is 5. The lowest BCUT2D eigenvalue weighted by Crippen LogP contribution is -2.59. The molecule has 0 spiro atoms. The Morgan fingerprint density at radius 1 is 0.456 bits per heavy atom. The normalized spacial score (nSPS) is 18.7. The first-order chi connectivity index (χ1) is 28.2. The van der Waals surface area contributed by atoms with Crippen molar-refractivity contribution in [1.29, 1.82) is 0 Å². The molecule has 3 atom stereocenters. The van der Waals surface area contributed by atoms with Crippen LogP contribution in [0.5, 0.6) is 0 Å². The monoisotopic (exact) mass is 770 g/mol. The number of thiophene rings is 2. The van der Waals surface area contributed by atoms with Crippen molar-refractivity contribution >= 4 is 84.8 Å². The van der Waals surface area contributed by atoms with E-state index >= 15 is 0 Å². The molecule has 0 saturated carbocycles. The number of fused-ring (bicyclic) bond motifs is 9. The first-order valence-electron chi connectivity index (χ1n) is 19.8. The van der Waals surface area contributed by atoms with E-state index in [-0.39, 0.29) is 18.5 Å². The lowest BCUT2D eigenvalue weighted by molar-refractivity contribution is 0.224. The minimum absolute atomic E-state index is 0.00800. The predicted octanol–water partition coefficient (Wildman–Crippen LogP) is 13.3. The summed E-state index contributed by atoms with van der Waals surface area (Å²) in [5, 5.41) is 19.4. The molecule has 10 aromatic rings. The molecule has 2 aliphatic rings. The minimum atomic E-state index is -0.00800. The quantitative estimate of drug-likeness (QED) is 0.163. The lowest BCUT2D eigenvalue weighted by atomic mass is 9.99. The van der Waals surface area contributed by atoms with Crippen LogP contribution in [0.2, 0.25) is 0 Å². The first-order valence-corrected chi connectivity index (χ1v) is 21.5. The van der Waals surface area contributed by atoms with Gasteiger partial charge in [-0.05, 0) is 83.1 Å². The molecule has 1 aliphatic carbocycles. The van der Waals surface area contributed by atoms with Gasteiger partial charge in [-0.25, -0.2) is 0 Å². The first kappa shape index (κ1) is 33.3. The molecule has 7 aromatic carbocycles. The number of nitrogens with one attached hydrogen (secondary N) is 3. The maximum atomic E-state index is 3.88. The van der Waals surface area contributed by atoms with Crippen molar-refractivity contribution in [1.82, 2.24) is 20.5 Å². The summed E-state index contributed by atoms with van der Waals surface area (Å²) in [6.45, 7) is 0. The molecule has 1 fully saturated rings. The molecule has 0 amide bonds. The third-order valence-electron chi connectivity index (χ3n) is 12.0. The van der Waals surface area contributed by atoms with Crippen molar-refractivity contribution in [2.24, 2.45) is 0 Å². The van der Waals surface area contributed by atoms with Crippen molar-refractivity contribution in [2.45, 2.75) is 31.3 Å². The van der Waals surface area contributed by atoms with E-state index in [1.165, 1.54) is 95.7 Å². The number of hydrogen-bond acceptors (Lipinski definition) is 5. The average Bonchev–Trinajstić information content (AvgIpc) is 3.95. The number of aromatic nitrogens is 1. The summed E-state index contributed by atoms with van der Waals surface area (Å²) in [5.74, 6) is 0. The highest BCUT2D eigenvalue weighted by Crippen LogP contribution is 2.43. The van der Waals surface area contributed by atoms with Gasteiger partial charge in [-0.15, -0.1) is 22.7 Å². The van der Waals surface area contributed by atoms with Crippen molar-refractivity contribution in [3.8, 4) is 16.8 Å². The lowest BCUT2D eigenvalue weighted by Gasteiger charge is -2.40. The molecule has 57 heavy (non-hydrogen) atoms. The van der Waals surface area contributed by atoms with E-state index in [9.17, 15) is 0 Å². The van der Waals surface area contributed by atoms with Gasteiger partial charge in [0.15, 0.2) is 0 Å². The van der Waals surface area contributed by atoms with Crippen molar-refractivity contribution < 1.29 is 0 Å². The number of hydrogen-bond donors (Lipinski definition) is 3. The van der Waals surface area contributed by atoms with Crippen molar-refractivity contribution in [3.63, 3.8) is 0 Å². The van der Waals surface area contributed by atoms with Crippen LogP contribution in [0.25, 0.3) is 79.0 Å². The van der Waals surface area contributed by atoms with Crippen molar-refractivity contribution in [3.05, 3.63) is 187 Å².